The van der Waals surface area contributed by atoms with Gasteiger partial charge in [-0.1, -0.05) is 11.2 Å². The smallest absolute Gasteiger partial charge is 0.387 e. The van der Waals surface area contributed by atoms with Crippen molar-refractivity contribution >= 4 is 5.91 Å². The number of methoxy groups -OCH3 is 1. The molecule has 1 aromatic heterocycles. The summed E-state index contributed by atoms with van der Waals surface area (Å²) in [5.74, 6) is 0.0881. The van der Waals surface area contributed by atoms with Crippen LogP contribution in [0.5, 0.6) is 11.5 Å². The number of carbonyl (C=O) groups excluding carboxylic acids is 1. The first-order valence-corrected chi connectivity index (χ1v) is 7.42. The molecule has 1 aliphatic carbocycles. The monoisotopic (exact) mass is 338 g/mol. The second-order valence-corrected chi connectivity index (χ2v) is 5.43. The molecule has 128 valence electrons. The average molecular weight is 338 g/mol. The van der Waals surface area contributed by atoms with E-state index in [1.54, 1.807) is 6.07 Å². The van der Waals surface area contributed by atoms with Crippen molar-refractivity contribution in [1.82, 2.24) is 10.5 Å². The van der Waals surface area contributed by atoms with E-state index in [9.17, 15) is 13.6 Å². The minimum Gasteiger partial charge on any atom is -0.493 e. The Morgan fingerprint density at radius 3 is 2.88 bits per heavy atom. The number of aromatic nitrogens is 1. The molecule has 6 nitrogen and oxygen atoms in total. The summed E-state index contributed by atoms with van der Waals surface area (Å²) in [7, 11) is 1.36. The van der Waals surface area contributed by atoms with Gasteiger partial charge in [0.25, 0.3) is 5.91 Å². The normalized spacial score (nSPS) is 13.8. The van der Waals surface area contributed by atoms with E-state index in [1.165, 1.54) is 25.5 Å². The lowest BCUT2D eigenvalue weighted by Crippen LogP contribution is -2.23. The topological polar surface area (TPSA) is 73.6 Å². The lowest BCUT2D eigenvalue weighted by Gasteiger charge is -2.12. The minimum absolute atomic E-state index is 0.0807. The largest absolute Gasteiger partial charge is 0.493 e. The van der Waals surface area contributed by atoms with Crippen molar-refractivity contribution in [3.63, 3.8) is 0 Å². The SMILES string of the molecule is COc1ccc(CNC(=O)c2conc2C2CC2)cc1OC(F)F. The number of carbonyl (C=O) groups is 1. The molecule has 0 aliphatic heterocycles. The number of nitrogens with zero attached hydrogens (tertiary/aromatic N) is 1. The van der Waals surface area contributed by atoms with Gasteiger partial charge in [-0.25, -0.2) is 0 Å². The molecular formula is C16H16F2N2O4. The Hall–Kier alpha value is -2.64. The molecule has 8 heteroatoms. The highest BCUT2D eigenvalue weighted by molar-refractivity contribution is 5.95. The highest BCUT2D eigenvalue weighted by Gasteiger charge is 2.31. The highest BCUT2D eigenvalue weighted by atomic mass is 19.3. The lowest BCUT2D eigenvalue weighted by molar-refractivity contribution is -0.0512. The molecule has 1 N–H and O–H groups in total. The molecule has 3 rings (SSSR count). The van der Waals surface area contributed by atoms with Gasteiger partial charge in [0.15, 0.2) is 11.5 Å². The molecule has 24 heavy (non-hydrogen) atoms. The third-order valence-corrected chi connectivity index (χ3v) is 3.70. The summed E-state index contributed by atoms with van der Waals surface area (Å²) < 4.78 is 39.1. The molecule has 1 saturated carbocycles. The van der Waals surface area contributed by atoms with Crippen LogP contribution in [0.2, 0.25) is 0 Å². The van der Waals surface area contributed by atoms with Crippen molar-refractivity contribution in [2.24, 2.45) is 0 Å². The molecule has 1 aliphatic rings. The van der Waals surface area contributed by atoms with Gasteiger partial charge in [0.2, 0.25) is 0 Å². The van der Waals surface area contributed by atoms with Crippen LogP contribution in [0.25, 0.3) is 0 Å². The highest BCUT2D eigenvalue weighted by Crippen LogP contribution is 2.40. The van der Waals surface area contributed by atoms with Crippen LogP contribution in [-0.4, -0.2) is 24.8 Å². The van der Waals surface area contributed by atoms with Crippen molar-refractivity contribution in [3.05, 3.63) is 41.3 Å². The predicted octanol–water partition coefficient (Wildman–Crippen LogP) is 3.09. The molecule has 1 fully saturated rings. The van der Waals surface area contributed by atoms with Crippen LogP contribution in [0.1, 0.15) is 40.4 Å². The van der Waals surface area contributed by atoms with E-state index in [2.05, 4.69) is 15.2 Å². The number of rotatable bonds is 7. The van der Waals surface area contributed by atoms with Crippen LogP contribution in [0.4, 0.5) is 8.78 Å². The van der Waals surface area contributed by atoms with Gasteiger partial charge in [0.1, 0.15) is 11.8 Å². The van der Waals surface area contributed by atoms with Crippen molar-refractivity contribution in [3.8, 4) is 11.5 Å². The third-order valence-electron chi connectivity index (χ3n) is 3.70. The number of hydrogen-bond donors (Lipinski definition) is 1. The van der Waals surface area contributed by atoms with E-state index in [4.69, 9.17) is 9.26 Å². The van der Waals surface area contributed by atoms with E-state index in [0.29, 0.717) is 16.8 Å². The number of benzene rings is 1. The average Bonchev–Trinajstić information content (AvgIpc) is 3.29. The summed E-state index contributed by atoms with van der Waals surface area (Å²) in [5, 5.41) is 6.59. The fraction of sp³-hybridized carbons (Fsp3) is 0.375. The first-order chi connectivity index (χ1) is 11.6. The summed E-state index contributed by atoms with van der Waals surface area (Å²) in [6, 6.07) is 4.57. The van der Waals surface area contributed by atoms with Crippen LogP contribution in [0.3, 0.4) is 0 Å². The molecule has 0 atom stereocenters. The molecule has 1 amide bonds. The summed E-state index contributed by atoms with van der Waals surface area (Å²) in [5.41, 5.74) is 1.68. The van der Waals surface area contributed by atoms with Gasteiger partial charge < -0.3 is 19.3 Å². The van der Waals surface area contributed by atoms with Gasteiger partial charge in [0, 0.05) is 12.5 Å². The lowest BCUT2D eigenvalue weighted by atomic mass is 10.1. The minimum atomic E-state index is -2.96. The Balaban J connectivity index is 1.67. The van der Waals surface area contributed by atoms with Crippen LogP contribution in [0, 0.1) is 0 Å². The predicted molar refractivity (Wildman–Crippen MR) is 79.3 cm³/mol. The molecule has 1 heterocycles. The quantitative estimate of drug-likeness (QED) is 0.840. The van der Waals surface area contributed by atoms with Crippen molar-refractivity contribution in [2.75, 3.05) is 7.11 Å². The summed E-state index contributed by atoms with van der Waals surface area (Å²) >= 11 is 0. The molecule has 2 aromatic rings. The summed E-state index contributed by atoms with van der Waals surface area (Å²) in [6.07, 6.45) is 3.32. The first kappa shape index (κ1) is 16.2. The van der Waals surface area contributed by atoms with Crippen LogP contribution >= 0.6 is 0 Å². The van der Waals surface area contributed by atoms with Crippen LogP contribution in [-0.2, 0) is 6.54 Å². The maximum absolute atomic E-state index is 12.4. The summed E-state index contributed by atoms with van der Waals surface area (Å²) in [6.45, 7) is -2.81. The summed E-state index contributed by atoms with van der Waals surface area (Å²) in [4.78, 5) is 12.2. The zero-order valence-corrected chi connectivity index (χ0v) is 12.9. The Kier molecular flexibility index (Phi) is 4.64. The number of ether oxygens (including phenoxy) is 2. The van der Waals surface area contributed by atoms with E-state index < -0.39 is 6.61 Å². The first-order valence-electron chi connectivity index (χ1n) is 7.42. The van der Waals surface area contributed by atoms with E-state index in [0.717, 1.165) is 12.8 Å². The molecule has 0 radical (unpaired) electrons. The third kappa shape index (κ3) is 3.64. The maximum atomic E-state index is 12.4. The van der Waals surface area contributed by atoms with Gasteiger partial charge in [-0.2, -0.15) is 8.78 Å². The second kappa shape index (κ2) is 6.86. The Morgan fingerprint density at radius 1 is 1.42 bits per heavy atom. The number of hydrogen-bond acceptors (Lipinski definition) is 5. The van der Waals surface area contributed by atoms with Crippen molar-refractivity contribution in [1.29, 1.82) is 0 Å². The Bertz CT molecular complexity index is 729. The van der Waals surface area contributed by atoms with Gasteiger partial charge >= 0.3 is 6.61 Å². The van der Waals surface area contributed by atoms with E-state index in [-0.39, 0.29) is 29.9 Å². The Labute approximate surface area is 136 Å². The van der Waals surface area contributed by atoms with Crippen LogP contribution < -0.4 is 14.8 Å². The molecule has 0 unspecified atom stereocenters. The zero-order valence-electron chi connectivity index (χ0n) is 12.9. The fourth-order valence-electron chi connectivity index (χ4n) is 2.36. The van der Waals surface area contributed by atoms with Crippen molar-refractivity contribution in [2.45, 2.75) is 31.9 Å². The number of alkyl halides is 2. The molecular weight excluding hydrogens is 322 g/mol. The maximum Gasteiger partial charge on any atom is 0.387 e. The van der Waals surface area contributed by atoms with Crippen molar-refractivity contribution < 1.29 is 27.6 Å². The number of nitrogens with one attached hydrogen (secondary N) is 1. The van der Waals surface area contributed by atoms with E-state index in [1.807, 2.05) is 0 Å². The fourth-order valence-corrected chi connectivity index (χ4v) is 2.36. The van der Waals surface area contributed by atoms with Gasteiger partial charge in [-0.3, -0.25) is 4.79 Å². The van der Waals surface area contributed by atoms with Crippen LogP contribution in [0.15, 0.2) is 29.0 Å². The Morgan fingerprint density at radius 2 is 2.21 bits per heavy atom. The number of halogens is 2. The number of amides is 1. The van der Waals surface area contributed by atoms with Gasteiger partial charge in [-0.05, 0) is 30.5 Å². The molecule has 0 saturated heterocycles. The molecule has 0 bridgehead atoms. The molecule has 0 spiro atoms. The van der Waals surface area contributed by atoms with E-state index >= 15 is 0 Å². The van der Waals surface area contributed by atoms with Gasteiger partial charge in [0.05, 0.1) is 12.8 Å². The zero-order chi connectivity index (χ0) is 17.1. The second-order valence-electron chi connectivity index (χ2n) is 5.43. The van der Waals surface area contributed by atoms with Gasteiger partial charge in [-0.15, -0.1) is 0 Å². The molecule has 1 aromatic carbocycles. The standard InChI is InChI=1S/C16H16F2N2O4/c1-22-12-5-2-9(6-13(12)24-16(17)18)7-19-15(21)11-8-23-20-14(11)10-3-4-10/h2,5-6,8,10,16H,3-4,7H2,1H3,(H,19,21).